The zero-order valence-corrected chi connectivity index (χ0v) is 12.8. The lowest BCUT2D eigenvalue weighted by molar-refractivity contribution is 0.434. The third kappa shape index (κ3) is 3.71. The van der Waals surface area contributed by atoms with Gasteiger partial charge in [0, 0.05) is 5.54 Å². The molecule has 0 saturated carbocycles. The molecule has 0 spiro atoms. The molecule has 2 aromatic carbocycles. The first-order valence-electron chi connectivity index (χ1n) is 7.39. The van der Waals surface area contributed by atoms with E-state index in [9.17, 15) is 0 Å². The summed E-state index contributed by atoms with van der Waals surface area (Å²) in [6.07, 6.45) is 3.22. The minimum absolute atomic E-state index is 0.245. The molecular formula is C19H25N. The van der Waals surface area contributed by atoms with Crippen LogP contribution in [0.2, 0.25) is 0 Å². The van der Waals surface area contributed by atoms with Crippen LogP contribution < -0.4 is 5.73 Å². The van der Waals surface area contributed by atoms with Crippen LogP contribution in [-0.2, 0) is 12.0 Å². The summed E-state index contributed by atoms with van der Waals surface area (Å²) in [5, 5.41) is 0. The second kappa shape index (κ2) is 6.23. The van der Waals surface area contributed by atoms with Gasteiger partial charge in [-0.25, -0.2) is 0 Å². The van der Waals surface area contributed by atoms with Gasteiger partial charge in [-0.3, -0.25) is 0 Å². The van der Waals surface area contributed by atoms with Gasteiger partial charge in [0.05, 0.1) is 0 Å². The second-order valence-corrected chi connectivity index (χ2v) is 6.07. The van der Waals surface area contributed by atoms with Gasteiger partial charge in [-0.1, -0.05) is 54.1 Å². The van der Waals surface area contributed by atoms with Crippen LogP contribution in [0.25, 0.3) is 0 Å². The third-order valence-corrected chi connectivity index (χ3v) is 4.01. The molecule has 1 unspecified atom stereocenters. The first-order chi connectivity index (χ1) is 9.49. The van der Waals surface area contributed by atoms with E-state index in [1.807, 2.05) is 0 Å². The van der Waals surface area contributed by atoms with Crippen LogP contribution in [0.4, 0.5) is 0 Å². The Bertz CT molecular complexity index is 555. The van der Waals surface area contributed by atoms with Crippen LogP contribution in [0.3, 0.4) is 0 Å². The van der Waals surface area contributed by atoms with Gasteiger partial charge in [-0.15, -0.1) is 0 Å². The molecule has 0 saturated heterocycles. The number of hydrogen-bond donors (Lipinski definition) is 1. The van der Waals surface area contributed by atoms with E-state index in [-0.39, 0.29) is 5.54 Å². The highest BCUT2D eigenvalue weighted by Gasteiger charge is 2.22. The average molecular weight is 267 g/mol. The fraction of sp³-hybridized carbons (Fsp3) is 0.368. The van der Waals surface area contributed by atoms with Crippen LogP contribution in [0.5, 0.6) is 0 Å². The summed E-state index contributed by atoms with van der Waals surface area (Å²) < 4.78 is 0. The van der Waals surface area contributed by atoms with E-state index in [1.54, 1.807) is 0 Å². The fourth-order valence-corrected chi connectivity index (χ4v) is 2.79. The van der Waals surface area contributed by atoms with Gasteiger partial charge < -0.3 is 5.73 Å². The highest BCUT2D eigenvalue weighted by atomic mass is 14.7. The quantitative estimate of drug-likeness (QED) is 0.848. The molecule has 0 aromatic heterocycles. The SMILES string of the molecule is Cc1ccc(C)c(C(C)(N)CCCc2ccccc2)c1. The molecule has 0 heterocycles. The van der Waals surface area contributed by atoms with Crippen LogP contribution in [-0.4, -0.2) is 0 Å². The van der Waals surface area contributed by atoms with Gasteiger partial charge in [0.2, 0.25) is 0 Å². The molecule has 0 aliphatic rings. The predicted molar refractivity (Wildman–Crippen MR) is 86.8 cm³/mol. The van der Waals surface area contributed by atoms with Crippen molar-refractivity contribution in [2.75, 3.05) is 0 Å². The van der Waals surface area contributed by atoms with Crippen molar-refractivity contribution in [3.8, 4) is 0 Å². The summed E-state index contributed by atoms with van der Waals surface area (Å²) in [5.74, 6) is 0. The topological polar surface area (TPSA) is 26.0 Å². The molecule has 0 aliphatic carbocycles. The molecule has 0 bridgehead atoms. The normalized spacial score (nSPS) is 14.0. The fourth-order valence-electron chi connectivity index (χ4n) is 2.79. The Balaban J connectivity index is 2.02. The Kier molecular flexibility index (Phi) is 4.61. The Morgan fingerprint density at radius 3 is 2.40 bits per heavy atom. The van der Waals surface area contributed by atoms with Crippen molar-refractivity contribution >= 4 is 0 Å². The van der Waals surface area contributed by atoms with E-state index >= 15 is 0 Å². The van der Waals surface area contributed by atoms with E-state index in [2.05, 4.69) is 69.3 Å². The Morgan fingerprint density at radius 2 is 1.70 bits per heavy atom. The molecule has 0 aliphatic heterocycles. The standard InChI is InChI=1S/C19H25N/c1-15-11-12-16(2)18(14-15)19(3,20)13-7-10-17-8-5-4-6-9-17/h4-6,8-9,11-12,14H,7,10,13,20H2,1-3H3. The van der Waals surface area contributed by atoms with Crippen LogP contribution in [0.15, 0.2) is 48.5 Å². The summed E-state index contributed by atoms with van der Waals surface area (Å²) in [7, 11) is 0. The highest BCUT2D eigenvalue weighted by molar-refractivity contribution is 5.35. The van der Waals surface area contributed by atoms with Crippen LogP contribution in [0, 0.1) is 13.8 Å². The van der Waals surface area contributed by atoms with Crippen molar-refractivity contribution < 1.29 is 0 Å². The summed E-state index contributed by atoms with van der Waals surface area (Å²) in [6.45, 7) is 6.43. The molecular weight excluding hydrogens is 242 g/mol. The first-order valence-corrected chi connectivity index (χ1v) is 7.39. The van der Waals surface area contributed by atoms with Crippen molar-refractivity contribution in [1.29, 1.82) is 0 Å². The Hall–Kier alpha value is -1.60. The Labute approximate surface area is 122 Å². The molecule has 106 valence electrons. The molecule has 1 atom stereocenters. The molecule has 2 N–H and O–H groups in total. The maximum absolute atomic E-state index is 6.57. The minimum Gasteiger partial charge on any atom is -0.322 e. The summed E-state index contributed by atoms with van der Waals surface area (Å²) >= 11 is 0. The zero-order valence-electron chi connectivity index (χ0n) is 12.8. The van der Waals surface area contributed by atoms with E-state index in [0.29, 0.717) is 0 Å². The maximum Gasteiger partial charge on any atom is 0.0383 e. The van der Waals surface area contributed by atoms with E-state index in [1.165, 1.54) is 22.3 Å². The summed E-state index contributed by atoms with van der Waals surface area (Å²) in [4.78, 5) is 0. The maximum atomic E-state index is 6.57. The van der Waals surface area contributed by atoms with Crippen LogP contribution in [0.1, 0.15) is 42.0 Å². The van der Waals surface area contributed by atoms with E-state index in [4.69, 9.17) is 5.73 Å². The van der Waals surface area contributed by atoms with Gasteiger partial charge in [-0.2, -0.15) is 0 Å². The monoisotopic (exact) mass is 267 g/mol. The highest BCUT2D eigenvalue weighted by Crippen LogP contribution is 2.27. The van der Waals surface area contributed by atoms with Crippen LogP contribution >= 0.6 is 0 Å². The van der Waals surface area contributed by atoms with Crippen molar-refractivity contribution in [2.24, 2.45) is 5.73 Å². The lowest BCUT2D eigenvalue weighted by atomic mass is 9.84. The number of nitrogens with two attached hydrogens (primary N) is 1. The molecule has 2 aromatic rings. The number of aryl methyl sites for hydroxylation is 3. The average Bonchev–Trinajstić information content (AvgIpc) is 2.42. The largest absolute Gasteiger partial charge is 0.322 e. The molecule has 1 heteroatoms. The number of benzene rings is 2. The number of hydrogen-bond acceptors (Lipinski definition) is 1. The van der Waals surface area contributed by atoms with Gasteiger partial charge in [0.25, 0.3) is 0 Å². The Morgan fingerprint density at radius 1 is 1.00 bits per heavy atom. The molecule has 0 radical (unpaired) electrons. The lowest BCUT2D eigenvalue weighted by Gasteiger charge is -2.27. The minimum atomic E-state index is -0.245. The van der Waals surface area contributed by atoms with Crippen molar-refractivity contribution in [1.82, 2.24) is 0 Å². The van der Waals surface area contributed by atoms with Gasteiger partial charge >= 0.3 is 0 Å². The lowest BCUT2D eigenvalue weighted by Crippen LogP contribution is -2.34. The zero-order chi connectivity index (χ0) is 14.6. The van der Waals surface area contributed by atoms with E-state index in [0.717, 1.165) is 19.3 Å². The molecule has 1 nitrogen and oxygen atoms in total. The summed E-state index contributed by atoms with van der Waals surface area (Å²) in [6, 6.07) is 17.2. The third-order valence-electron chi connectivity index (χ3n) is 4.01. The molecule has 20 heavy (non-hydrogen) atoms. The molecule has 2 rings (SSSR count). The first kappa shape index (κ1) is 14.8. The second-order valence-electron chi connectivity index (χ2n) is 6.07. The van der Waals surface area contributed by atoms with Crippen molar-refractivity contribution in [3.63, 3.8) is 0 Å². The van der Waals surface area contributed by atoms with Gasteiger partial charge in [0.1, 0.15) is 0 Å². The predicted octanol–water partition coefficient (Wildman–Crippen LogP) is 4.50. The summed E-state index contributed by atoms with van der Waals surface area (Å²) in [5.41, 5.74) is 11.6. The van der Waals surface area contributed by atoms with Crippen molar-refractivity contribution in [3.05, 3.63) is 70.8 Å². The molecule has 0 amide bonds. The number of rotatable bonds is 5. The van der Waals surface area contributed by atoms with E-state index < -0.39 is 0 Å². The van der Waals surface area contributed by atoms with Gasteiger partial charge in [0.15, 0.2) is 0 Å². The smallest absolute Gasteiger partial charge is 0.0383 e. The molecule has 0 fully saturated rings. The van der Waals surface area contributed by atoms with Gasteiger partial charge in [-0.05, 0) is 56.7 Å². The van der Waals surface area contributed by atoms with Crippen molar-refractivity contribution in [2.45, 2.75) is 45.6 Å².